The van der Waals surface area contributed by atoms with Gasteiger partial charge >= 0.3 is 0 Å². The van der Waals surface area contributed by atoms with E-state index in [2.05, 4.69) is 20.5 Å². The number of guanidine groups is 1. The van der Waals surface area contributed by atoms with Crippen molar-refractivity contribution in [2.24, 2.45) is 4.99 Å². The molecule has 0 bridgehead atoms. The molecule has 0 aliphatic carbocycles. The first-order valence-corrected chi connectivity index (χ1v) is 9.45. The maximum Gasteiger partial charge on any atom is 0.287 e. The van der Waals surface area contributed by atoms with Gasteiger partial charge in [0, 0.05) is 43.8 Å². The van der Waals surface area contributed by atoms with E-state index in [4.69, 9.17) is 16.0 Å². The molecule has 0 aliphatic heterocycles. The number of furan rings is 1. The number of aryl methyl sites for hydroxylation is 1. The normalized spacial score (nSPS) is 11.3. The standard InChI is InChI=1S/C20H27ClN4O2/c1-4-22-20(25(3)14-16-6-8-17(21)9-7-16)24-12-5-11-23-19(26)18-15(2)10-13-27-18/h6-10,13H,4-5,11-12,14H2,1-3H3,(H,22,24)(H,23,26). The largest absolute Gasteiger partial charge is 0.459 e. The monoisotopic (exact) mass is 390 g/mol. The average molecular weight is 391 g/mol. The van der Waals surface area contributed by atoms with Crippen molar-refractivity contribution in [3.63, 3.8) is 0 Å². The van der Waals surface area contributed by atoms with Crippen LogP contribution in [-0.4, -0.2) is 43.4 Å². The van der Waals surface area contributed by atoms with E-state index in [1.54, 1.807) is 6.07 Å². The van der Waals surface area contributed by atoms with Crippen LogP contribution in [-0.2, 0) is 6.54 Å². The first-order chi connectivity index (χ1) is 13.0. The van der Waals surface area contributed by atoms with Crippen LogP contribution in [0.5, 0.6) is 0 Å². The molecule has 1 amide bonds. The zero-order valence-corrected chi connectivity index (χ0v) is 16.8. The van der Waals surface area contributed by atoms with E-state index >= 15 is 0 Å². The highest BCUT2D eigenvalue weighted by atomic mass is 35.5. The zero-order valence-electron chi connectivity index (χ0n) is 16.1. The van der Waals surface area contributed by atoms with Crippen molar-refractivity contribution >= 4 is 23.5 Å². The van der Waals surface area contributed by atoms with Gasteiger partial charge in [0.1, 0.15) is 0 Å². The summed E-state index contributed by atoms with van der Waals surface area (Å²) in [6.45, 7) is 6.57. The third-order valence-electron chi connectivity index (χ3n) is 3.98. The molecular weight excluding hydrogens is 364 g/mol. The molecule has 7 heteroatoms. The molecule has 1 heterocycles. The highest BCUT2D eigenvalue weighted by Crippen LogP contribution is 2.11. The Bertz CT molecular complexity index is 756. The van der Waals surface area contributed by atoms with Gasteiger partial charge in [-0.1, -0.05) is 23.7 Å². The van der Waals surface area contributed by atoms with Gasteiger partial charge in [-0.3, -0.25) is 9.79 Å². The van der Waals surface area contributed by atoms with Crippen molar-refractivity contribution < 1.29 is 9.21 Å². The molecule has 0 atom stereocenters. The predicted molar refractivity (Wildman–Crippen MR) is 109 cm³/mol. The van der Waals surface area contributed by atoms with Crippen LogP contribution in [0.3, 0.4) is 0 Å². The lowest BCUT2D eigenvalue weighted by atomic mass is 10.2. The van der Waals surface area contributed by atoms with Gasteiger partial charge in [-0.2, -0.15) is 0 Å². The maximum atomic E-state index is 12.0. The van der Waals surface area contributed by atoms with Crippen LogP contribution >= 0.6 is 11.6 Å². The van der Waals surface area contributed by atoms with E-state index in [0.717, 1.165) is 41.6 Å². The van der Waals surface area contributed by atoms with Gasteiger partial charge in [0.2, 0.25) is 0 Å². The number of carbonyl (C=O) groups excluding carboxylic acids is 1. The second-order valence-corrected chi connectivity index (χ2v) is 6.70. The Hall–Kier alpha value is -2.47. The number of hydrogen-bond acceptors (Lipinski definition) is 3. The summed E-state index contributed by atoms with van der Waals surface area (Å²) in [5.41, 5.74) is 2.00. The van der Waals surface area contributed by atoms with Gasteiger partial charge in [-0.15, -0.1) is 0 Å². The van der Waals surface area contributed by atoms with Crippen LogP contribution < -0.4 is 10.6 Å². The quantitative estimate of drug-likeness (QED) is 0.411. The van der Waals surface area contributed by atoms with Crippen LogP contribution in [0.25, 0.3) is 0 Å². The minimum Gasteiger partial charge on any atom is -0.459 e. The zero-order chi connectivity index (χ0) is 19.6. The third-order valence-corrected chi connectivity index (χ3v) is 4.23. The summed E-state index contributed by atoms with van der Waals surface area (Å²) in [4.78, 5) is 18.7. The Kier molecular flexibility index (Phi) is 8.20. The van der Waals surface area contributed by atoms with E-state index in [-0.39, 0.29) is 5.91 Å². The molecule has 2 rings (SSSR count). The Morgan fingerprint density at radius 2 is 1.96 bits per heavy atom. The molecule has 0 radical (unpaired) electrons. The summed E-state index contributed by atoms with van der Waals surface area (Å²) >= 11 is 5.94. The fourth-order valence-electron chi connectivity index (χ4n) is 2.56. The summed E-state index contributed by atoms with van der Waals surface area (Å²) in [5, 5.41) is 6.88. The van der Waals surface area contributed by atoms with Crippen LogP contribution in [0.15, 0.2) is 46.0 Å². The van der Waals surface area contributed by atoms with Gasteiger partial charge in [0.05, 0.1) is 6.26 Å². The molecule has 146 valence electrons. The van der Waals surface area contributed by atoms with Crippen LogP contribution in [0.4, 0.5) is 0 Å². The molecule has 27 heavy (non-hydrogen) atoms. The van der Waals surface area contributed by atoms with Gasteiger partial charge in [0.25, 0.3) is 5.91 Å². The second-order valence-electron chi connectivity index (χ2n) is 6.26. The molecule has 1 aromatic heterocycles. The number of hydrogen-bond donors (Lipinski definition) is 2. The van der Waals surface area contributed by atoms with E-state index in [0.29, 0.717) is 18.8 Å². The number of nitrogens with zero attached hydrogens (tertiary/aromatic N) is 2. The summed E-state index contributed by atoms with van der Waals surface area (Å²) in [7, 11) is 2.00. The molecule has 0 saturated heterocycles. The van der Waals surface area contributed by atoms with Crippen molar-refractivity contribution in [2.45, 2.75) is 26.8 Å². The highest BCUT2D eigenvalue weighted by molar-refractivity contribution is 6.30. The Balaban J connectivity index is 1.81. The van der Waals surface area contributed by atoms with Crippen molar-refractivity contribution in [1.82, 2.24) is 15.5 Å². The Labute approximate surface area is 165 Å². The highest BCUT2D eigenvalue weighted by Gasteiger charge is 2.11. The molecule has 6 nitrogen and oxygen atoms in total. The van der Waals surface area contributed by atoms with Crippen LogP contribution in [0.1, 0.15) is 35.0 Å². The van der Waals surface area contributed by atoms with Gasteiger partial charge < -0.3 is 20.0 Å². The number of halogens is 1. The number of nitrogens with one attached hydrogen (secondary N) is 2. The SMILES string of the molecule is CCNC(=NCCCNC(=O)c1occc1C)N(C)Cc1ccc(Cl)cc1. The van der Waals surface area contributed by atoms with Gasteiger partial charge in [-0.25, -0.2) is 0 Å². The smallest absolute Gasteiger partial charge is 0.287 e. The number of benzene rings is 1. The summed E-state index contributed by atoms with van der Waals surface area (Å²) in [6.07, 6.45) is 2.27. The van der Waals surface area contributed by atoms with Crippen molar-refractivity contribution in [3.8, 4) is 0 Å². The molecule has 0 saturated carbocycles. The maximum absolute atomic E-state index is 12.0. The van der Waals surface area contributed by atoms with Crippen molar-refractivity contribution in [1.29, 1.82) is 0 Å². The Morgan fingerprint density at radius 1 is 1.22 bits per heavy atom. The fraction of sp³-hybridized carbons (Fsp3) is 0.400. The number of rotatable bonds is 8. The first-order valence-electron chi connectivity index (χ1n) is 9.07. The molecule has 0 fully saturated rings. The number of carbonyl (C=O) groups is 1. The van der Waals surface area contributed by atoms with E-state index < -0.39 is 0 Å². The first kappa shape index (κ1) is 20.8. The van der Waals surface area contributed by atoms with E-state index in [9.17, 15) is 4.79 Å². The lowest BCUT2D eigenvalue weighted by Gasteiger charge is -2.22. The Morgan fingerprint density at radius 3 is 2.59 bits per heavy atom. The van der Waals surface area contributed by atoms with Crippen LogP contribution in [0, 0.1) is 6.92 Å². The lowest BCUT2D eigenvalue weighted by Crippen LogP contribution is -2.38. The van der Waals surface area contributed by atoms with Crippen molar-refractivity contribution in [2.75, 3.05) is 26.7 Å². The summed E-state index contributed by atoms with van der Waals surface area (Å²) in [5.74, 6) is 1.02. The van der Waals surface area contributed by atoms with Gasteiger partial charge in [0.15, 0.2) is 11.7 Å². The third kappa shape index (κ3) is 6.64. The van der Waals surface area contributed by atoms with E-state index in [1.165, 1.54) is 6.26 Å². The summed E-state index contributed by atoms with van der Waals surface area (Å²) in [6, 6.07) is 9.57. The van der Waals surface area contributed by atoms with E-state index in [1.807, 2.05) is 45.2 Å². The van der Waals surface area contributed by atoms with Gasteiger partial charge in [-0.05, 0) is 44.0 Å². The van der Waals surface area contributed by atoms with Crippen molar-refractivity contribution in [3.05, 3.63) is 58.5 Å². The number of amides is 1. The molecule has 0 spiro atoms. The molecule has 2 aromatic rings. The minimum atomic E-state index is -0.187. The summed E-state index contributed by atoms with van der Waals surface area (Å²) < 4.78 is 5.18. The molecule has 1 aromatic carbocycles. The minimum absolute atomic E-state index is 0.187. The fourth-order valence-corrected chi connectivity index (χ4v) is 2.69. The average Bonchev–Trinajstić information content (AvgIpc) is 3.08. The molecule has 0 aliphatic rings. The topological polar surface area (TPSA) is 69.9 Å². The predicted octanol–water partition coefficient (Wildman–Crippen LogP) is 3.46. The number of aliphatic imine (C=N–C) groups is 1. The lowest BCUT2D eigenvalue weighted by molar-refractivity contribution is 0.0925. The molecule has 0 unspecified atom stereocenters. The molecule has 2 N–H and O–H groups in total. The second kappa shape index (κ2) is 10.6. The molecular formula is C20H27ClN4O2. The van der Waals surface area contributed by atoms with Crippen LogP contribution in [0.2, 0.25) is 5.02 Å².